The van der Waals surface area contributed by atoms with Crippen LogP contribution in [0.3, 0.4) is 0 Å². The number of nitrogens with two attached hydrogens (primary N) is 1. The lowest BCUT2D eigenvalue weighted by molar-refractivity contribution is 0.396. The first-order valence-corrected chi connectivity index (χ1v) is 8.15. The summed E-state index contributed by atoms with van der Waals surface area (Å²) in [5.41, 5.74) is 10.4. The minimum Gasteiger partial charge on any atom is -0.326 e. The van der Waals surface area contributed by atoms with Crippen molar-refractivity contribution in [3.05, 3.63) is 52.0 Å². The van der Waals surface area contributed by atoms with Crippen LogP contribution < -0.4 is 5.73 Å². The topological polar surface area (TPSA) is 43.8 Å². The molecule has 0 unspecified atom stereocenters. The first-order valence-electron chi connectivity index (χ1n) is 7.21. The second kappa shape index (κ2) is 5.28. The van der Waals surface area contributed by atoms with E-state index >= 15 is 0 Å². The van der Waals surface area contributed by atoms with E-state index in [1.54, 1.807) is 11.3 Å². The van der Waals surface area contributed by atoms with Crippen LogP contribution in [0.4, 0.5) is 0 Å². The van der Waals surface area contributed by atoms with Crippen molar-refractivity contribution in [1.29, 1.82) is 0 Å². The third-order valence-corrected chi connectivity index (χ3v) is 4.37. The van der Waals surface area contributed by atoms with Crippen molar-refractivity contribution in [3.63, 3.8) is 0 Å². The Morgan fingerprint density at radius 2 is 2.00 bits per heavy atom. The van der Waals surface area contributed by atoms with Crippen molar-refractivity contribution in [3.8, 4) is 0 Å². The molecule has 0 saturated heterocycles. The first-order chi connectivity index (χ1) is 9.99. The highest BCUT2D eigenvalue weighted by atomic mass is 32.1. The van der Waals surface area contributed by atoms with Gasteiger partial charge in [-0.05, 0) is 60.9 Å². The van der Waals surface area contributed by atoms with Crippen molar-refractivity contribution in [2.45, 2.75) is 39.3 Å². The Kier molecular flexibility index (Phi) is 3.59. The molecule has 2 aromatic heterocycles. The Hall–Kier alpha value is -1.65. The van der Waals surface area contributed by atoms with Crippen molar-refractivity contribution in [2.75, 3.05) is 0 Å². The number of aromatic nitrogens is 2. The molecule has 0 aliphatic rings. The van der Waals surface area contributed by atoms with E-state index in [0.717, 1.165) is 23.3 Å². The number of fused-ring (bicyclic) bond motifs is 1. The highest BCUT2D eigenvalue weighted by Crippen LogP contribution is 2.27. The minimum absolute atomic E-state index is 0.00430. The highest BCUT2D eigenvalue weighted by Gasteiger charge is 2.21. The summed E-state index contributed by atoms with van der Waals surface area (Å²) in [6.45, 7) is 7.23. The molecule has 3 aromatic rings. The van der Waals surface area contributed by atoms with Crippen LogP contribution in [-0.2, 0) is 18.5 Å². The van der Waals surface area contributed by atoms with Gasteiger partial charge in [-0.25, -0.2) is 4.98 Å². The van der Waals surface area contributed by atoms with Gasteiger partial charge in [0, 0.05) is 18.5 Å². The summed E-state index contributed by atoms with van der Waals surface area (Å²) in [7, 11) is 0. The van der Waals surface area contributed by atoms with Gasteiger partial charge >= 0.3 is 0 Å². The summed E-state index contributed by atoms with van der Waals surface area (Å²) in [4.78, 5) is 4.87. The first kappa shape index (κ1) is 14.3. The number of nitrogens with zero attached hydrogens (tertiary/aromatic N) is 2. The maximum absolute atomic E-state index is 5.75. The van der Waals surface area contributed by atoms with Gasteiger partial charge in [0.15, 0.2) is 0 Å². The third-order valence-electron chi connectivity index (χ3n) is 3.64. The van der Waals surface area contributed by atoms with Crippen LogP contribution in [0.5, 0.6) is 0 Å². The standard InChI is InChI=1S/C17H21N3S/c1-17(2,3)20-15-5-4-12(10-18)8-14(15)19-16(20)9-13-6-7-21-11-13/h4-8,11H,9-10,18H2,1-3H3. The Balaban J connectivity index is 2.17. The van der Waals surface area contributed by atoms with Crippen LogP contribution in [0.15, 0.2) is 35.0 Å². The van der Waals surface area contributed by atoms with Gasteiger partial charge in [-0.2, -0.15) is 11.3 Å². The van der Waals surface area contributed by atoms with Gasteiger partial charge in [0.25, 0.3) is 0 Å². The molecule has 21 heavy (non-hydrogen) atoms. The fourth-order valence-corrected chi connectivity index (χ4v) is 3.41. The van der Waals surface area contributed by atoms with Gasteiger partial charge < -0.3 is 10.3 Å². The van der Waals surface area contributed by atoms with E-state index in [1.165, 1.54) is 11.1 Å². The molecule has 3 rings (SSSR count). The fraction of sp³-hybridized carbons (Fsp3) is 0.353. The van der Waals surface area contributed by atoms with Gasteiger partial charge in [-0.1, -0.05) is 6.07 Å². The van der Waals surface area contributed by atoms with Crippen LogP contribution in [0.2, 0.25) is 0 Å². The van der Waals surface area contributed by atoms with Crippen LogP contribution in [0, 0.1) is 0 Å². The molecule has 3 nitrogen and oxygen atoms in total. The molecule has 0 radical (unpaired) electrons. The SMILES string of the molecule is CC(C)(C)n1c(Cc2ccsc2)nc2cc(CN)ccc21. The van der Waals surface area contributed by atoms with E-state index in [4.69, 9.17) is 10.7 Å². The average Bonchev–Trinajstić information content (AvgIpc) is 3.03. The molecule has 0 amide bonds. The summed E-state index contributed by atoms with van der Waals surface area (Å²) >= 11 is 1.73. The van der Waals surface area contributed by atoms with Gasteiger partial charge in [0.1, 0.15) is 5.82 Å². The molecule has 0 saturated carbocycles. The predicted octanol–water partition coefficient (Wildman–Crippen LogP) is 3.90. The van der Waals surface area contributed by atoms with Gasteiger partial charge in [-0.3, -0.25) is 0 Å². The smallest absolute Gasteiger partial charge is 0.114 e. The van der Waals surface area contributed by atoms with E-state index in [9.17, 15) is 0 Å². The second-order valence-corrected chi connectivity index (χ2v) is 7.15. The van der Waals surface area contributed by atoms with Crippen LogP contribution in [0.1, 0.15) is 37.7 Å². The molecule has 0 atom stereocenters. The van der Waals surface area contributed by atoms with Crippen molar-refractivity contribution in [1.82, 2.24) is 9.55 Å². The molecule has 110 valence electrons. The summed E-state index contributed by atoms with van der Waals surface area (Å²) < 4.78 is 2.35. The zero-order valence-corrected chi connectivity index (χ0v) is 13.6. The zero-order chi connectivity index (χ0) is 15.0. The lowest BCUT2D eigenvalue weighted by Gasteiger charge is -2.24. The molecular formula is C17H21N3S. The Bertz CT molecular complexity index is 748. The maximum atomic E-state index is 5.75. The molecule has 2 heterocycles. The number of imidazole rings is 1. The molecule has 0 spiro atoms. The summed E-state index contributed by atoms with van der Waals surface area (Å²) in [6, 6.07) is 8.52. The van der Waals surface area contributed by atoms with E-state index in [1.807, 2.05) is 0 Å². The second-order valence-electron chi connectivity index (χ2n) is 6.37. The molecule has 4 heteroatoms. The van der Waals surface area contributed by atoms with Crippen LogP contribution >= 0.6 is 11.3 Å². The zero-order valence-electron chi connectivity index (χ0n) is 12.8. The lowest BCUT2D eigenvalue weighted by atomic mass is 10.1. The van der Waals surface area contributed by atoms with Crippen molar-refractivity contribution < 1.29 is 0 Å². The fourth-order valence-electron chi connectivity index (χ4n) is 2.75. The third kappa shape index (κ3) is 2.74. The Morgan fingerprint density at radius 1 is 1.19 bits per heavy atom. The number of thiophene rings is 1. The molecule has 1 aromatic carbocycles. The normalized spacial score (nSPS) is 12.2. The summed E-state index contributed by atoms with van der Waals surface area (Å²) in [6.07, 6.45) is 0.868. The molecule has 0 aliphatic carbocycles. The number of rotatable bonds is 3. The quantitative estimate of drug-likeness (QED) is 0.797. The number of hydrogen-bond donors (Lipinski definition) is 1. The monoisotopic (exact) mass is 299 g/mol. The van der Waals surface area contributed by atoms with E-state index < -0.39 is 0 Å². The average molecular weight is 299 g/mol. The maximum Gasteiger partial charge on any atom is 0.114 e. The van der Waals surface area contributed by atoms with E-state index in [2.05, 4.69) is 60.4 Å². The molecule has 0 aliphatic heterocycles. The number of hydrogen-bond acceptors (Lipinski definition) is 3. The molecule has 0 bridgehead atoms. The molecule has 0 fully saturated rings. The van der Waals surface area contributed by atoms with Gasteiger partial charge in [-0.15, -0.1) is 0 Å². The molecular weight excluding hydrogens is 278 g/mol. The Morgan fingerprint density at radius 3 is 2.62 bits per heavy atom. The van der Waals surface area contributed by atoms with Gasteiger partial charge in [0.05, 0.1) is 11.0 Å². The molecule has 2 N–H and O–H groups in total. The Labute approximate surface area is 129 Å². The van der Waals surface area contributed by atoms with Crippen LogP contribution in [-0.4, -0.2) is 9.55 Å². The largest absolute Gasteiger partial charge is 0.326 e. The van der Waals surface area contributed by atoms with Crippen molar-refractivity contribution >= 4 is 22.4 Å². The lowest BCUT2D eigenvalue weighted by Crippen LogP contribution is -2.24. The van der Waals surface area contributed by atoms with Gasteiger partial charge in [0.2, 0.25) is 0 Å². The van der Waals surface area contributed by atoms with Crippen molar-refractivity contribution in [2.24, 2.45) is 5.73 Å². The van der Waals surface area contributed by atoms with E-state index in [-0.39, 0.29) is 5.54 Å². The number of benzene rings is 1. The predicted molar refractivity (Wildman–Crippen MR) is 89.7 cm³/mol. The highest BCUT2D eigenvalue weighted by molar-refractivity contribution is 7.07. The van der Waals surface area contributed by atoms with Crippen LogP contribution in [0.25, 0.3) is 11.0 Å². The minimum atomic E-state index is 0.00430. The summed E-state index contributed by atoms with van der Waals surface area (Å²) in [5.74, 6) is 1.12. The van der Waals surface area contributed by atoms with E-state index in [0.29, 0.717) is 6.54 Å². The summed E-state index contributed by atoms with van der Waals surface area (Å²) in [5, 5.41) is 4.31.